The van der Waals surface area contributed by atoms with Crippen LogP contribution in [0, 0.1) is 6.92 Å². The zero-order valence-electron chi connectivity index (χ0n) is 11.3. The van der Waals surface area contributed by atoms with Gasteiger partial charge in [-0.3, -0.25) is 0 Å². The van der Waals surface area contributed by atoms with E-state index in [0.717, 1.165) is 4.31 Å². The maximum absolute atomic E-state index is 12.5. The first-order chi connectivity index (χ1) is 9.63. The van der Waals surface area contributed by atoms with Gasteiger partial charge in [-0.2, -0.15) is 4.31 Å². The van der Waals surface area contributed by atoms with Gasteiger partial charge in [0.1, 0.15) is 9.09 Å². The molecule has 2 rings (SSSR count). The van der Waals surface area contributed by atoms with Gasteiger partial charge in [0, 0.05) is 13.1 Å². The molecule has 1 aliphatic heterocycles. The number of sulfone groups is 1. The summed E-state index contributed by atoms with van der Waals surface area (Å²) in [6.45, 7) is 1.57. The lowest BCUT2D eigenvalue weighted by molar-refractivity contribution is 0.0701. The van der Waals surface area contributed by atoms with Crippen molar-refractivity contribution in [2.24, 2.45) is 0 Å². The third kappa shape index (κ3) is 3.44. The van der Waals surface area contributed by atoms with Crippen LogP contribution in [-0.4, -0.2) is 56.8 Å². The number of thiophene rings is 1. The third-order valence-corrected chi connectivity index (χ3v) is 8.49. The molecular weight excluding hydrogens is 338 g/mol. The van der Waals surface area contributed by atoms with Gasteiger partial charge in [-0.05, 0) is 25.0 Å². The predicted octanol–water partition coefficient (Wildman–Crippen LogP) is 0.564. The third-order valence-electron chi connectivity index (χ3n) is 3.20. The first kappa shape index (κ1) is 16.4. The SMILES string of the molecule is Cc1cc(S(=O)(=O)N2CCCS(=O)(=O)CC2)sc1C(=O)O. The Hall–Kier alpha value is -0.970. The Morgan fingerprint density at radius 1 is 1.33 bits per heavy atom. The van der Waals surface area contributed by atoms with Crippen molar-refractivity contribution in [2.75, 3.05) is 24.6 Å². The molecule has 0 saturated carbocycles. The molecule has 10 heteroatoms. The van der Waals surface area contributed by atoms with E-state index in [-0.39, 0.29) is 40.1 Å². The molecule has 21 heavy (non-hydrogen) atoms. The average molecular weight is 353 g/mol. The Morgan fingerprint density at radius 2 is 2.00 bits per heavy atom. The lowest BCUT2D eigenvalue weighted by Gasteiger charge is -2.17. The van der Waals surface area contributed by atoms with Gasteiger partial charge < -0.3 is 5.11 Å². The number of carboxylic acids is 1. The van der Waals surface area contributed by atoms with E-state index in [2.05, 4.69) is 0 Å². The molecule has 7 nitrogen and oxygen atoms in total. The fourth-order valence-electron chi connectivity index (χ4n) is 2.08. The summed E-state index contributed by atoms with van der Waals surface area (Å²) in [5.41, 5.74) is 0.383. The highest BCUT2D eigenvalue weighted by Gasteiger charge is 2.31. The van der Waals surface area contributed by atoms with Crippen molar-refractivity contribution in [3.05, 3.63) is 16.5 Å². The lowest BCUT2D eigenvalue weighted by atomic mass is 10.3. The zero-order valence-corrected chi connectivity index (χ0v) is 13.7. The van der Waals surface area contributed by atoms with Crippen molar-refractivity contribution in [2.45, 2.75) is 17.6 Å². The summed E-state index contributed by atoms with van der Waals surface area (Å²) in [6.07, 6.45) is 0.248. The van der Waals surface area contributed by atoms with Crippen LogP contribution in [0.3, 0.4) is 0 Å². The number of hydrogen-bond donors (Lipinski definition) is 1. The second-order valence-corrected chi connectivity index (χ2v) is 10.3. The van der Waals surface area contributed by atoms with Crippen LogP contribution < -0.4 is 0 Å². The van der Waals surface area contributed by atoms with Crippen LogP contribution in [0.25, 0.3) is 0 Å². The van der Waals surface area contributed by atoms with E-state index in [1.807, 2.05) is 0 Å². The molecule has 1 fully saturated rings. The molecule has 1 saturated heterocycles. The minimum absolute atomic E-state index is 0.0176. The molecule has 2 heterocycles. The van der Waals surface area contributed by atoms with E-state index < -0.39 is 25.8 Å². The standard InChI is InChI=1S/C11H15NO6S3/c1-8-7-9(19-10(8)11(13)14)21(17,18)12-3-2-5-20(15,16)6-4-12/h7H,2-6H2,1H3,(H,13,14). The molecule has 0 bridgehead atoms. The molecular formula is C11H15NO6S3. The Kier molecular flexibility index (Phi) is 4.43. The Labute approximate surface area is 127 Å². The highest BCUT2D eigenvalue weighted by molar-refractivity contribution is 7.92. The van der Waals surface area contributed by atoms with Crippen LogP contribution in [0.2, 0.25) is 0 Å². The van der Waals surface area contributed by atoms with Gasteiger partial charge in [0.05, 0.1) is 11.5 Å². The van der Waals surface area contributed by atoms with Gasteiger partial charge in [-0.25, -0.2) is 21.6 Å². The Morgan fingerprint density at radius 3 is 2.57 bits per heavy atom. The molecule has 1 aromatic rings. The van der Waals surface area contributed by atoms with Crippen LogP contribution >= 0.6 is 11.3 Å². The van der Waals surface area contributed by atoms with Crippen molar-refractivity contribution in [3.63, 3.8) is 0 Å². The summed E-state index contributed by atoms with van der Waals surface area (Å²) in [5, 5.41) is 8.99. The Balaban J connectivity index is 2.34. The first-order valence-corrected chi connectivity index (χ1v) is 10.3. The number of aryl methyl sites for hydroxylation is 1. The number of hydrogen-bond acceptors (Lipinski definition) is 6. The summed E-state index contributed by atoms with van der Waals surface area (Å²) in [5.74, 6) is -1.40. The minimum Gasteiger partial charge on any atom is -0.477 e. The predicted molar refractivity (Wildman–Crippen MR) is 78.0 cm³/mol. The van der Waals surface area contributed by atoms with Crippen LogP contribution in [0.4, 0.5) is 0 Å². The molecule has 118 valence electrons. The van der Waals surface area contributed by atoms with Gasteiger partial charge in [-0.15, -0.1) is 11.3 Å². The zero-order chi connectivity index (χ0) is 15.8. The molecule has 0 atom stereocenters. The number of aromatic carboxylic acids is 1. The molecule has 1 aliphatic rings. The number of nitrogens with zero attached hydrogens (tertiary/aromatic N) is 1. The van der Waals surface area contributed by atoms with Crippen molar-refractivity contribution in [1.82, 2.24) is 4.31 Å². The second-order valence-electron chi connectivity index (χ2n) is 4.79. The fourth-order valence-corrected chi connectivity index (χ4v) is 6.48. The molecule has 0 radical (unpaired) electrons. The summed E-state index contributed by atoms with van der Waals surface area (Å²) < 4.78 is 49.1. The molecule has 0 unspecified atom stereocenters. The van der Waals surface area contributed by atoms with Gasteiger partial charge in [0.2, 0.25) is 0 Å². The van der Waals surface area contributed by atoms with Crippen LogP contribution in [-0.2, 0) is 19.9 Å². The smallest absolute Gasteiger partial charge is 0.346 e. The molecule has 1 aromatic heterocycles. The van der Waals surface area contributed by atoms with Crippen LogP contribution in [0.5, 0.6) is 0 Å². The summed E-state index contributed by atoms with van der Waals surface area (Å²) in [7, 11) is -7.05. The first-order valence-electron chi connectivity index (χ1n) is 6.18. The second kappa shape index (κ2) is 5.67. The van der Waals surface area contributed by atoms with E-state index >= 15 is 0 Å². The highest BCUT2D eigenvalue weighted by Crippen LogP contribution is 2.29. The number of sulfonamides is 1. The maximum Gasteiger partial charge on any atom is 0.346 e. The van der Waals surface area contributed by atoms with Crippen molar-refractivity contribution in [3.8, 4) is 0 Å². The monoisotopic (exact) mass is 353 g/mol. The van der Waals surface area contributed by atoms with Gasteiger partial charge in [0.15, 0.2) is 9.84 Å². The molecule has 0 aromatic carbocycles. The van der Waals surface area contributed by atoms with E-state index in [4.69, 9.17) is 5.11 Å². The van der Waals surface area contributed by atoms with Gasteiger partial charge in [0.25, 0.3) is 10.0 Å². The van der Waals surface area contributed by atoms with Crippen molar-refractivity contribution >= 4 is 37.2 Å². The van der Waals surface area contributed by atoms with Gasteiger partial charge in [-0.1, -0.05) is 0 Å². The number of rotatable bonds is 3. The normalized spacial score (nSPS) is 20.0. The Bertz CT molecular complexity index is 762. The minimum atomic E-state index is -3.85. The van der Waals surface area contributed by atoms with Crippen LogP contribution in [0.15, 0.2) is 10.3 Å². The maximum atomic E-state index is 12.5. The van der Waals surface area contributed by atoms with Crippen molar-refractivity contribution in [1.29, 1.82) is 0 Å². The molecule has 0 spiro atoms. The molecule has 1 N–H and O–H groups in total. The van der Waals surface area contributed by atoms with Crippen LogP contribution in [0.1, 0.15) is 21.7 Å². The molecule has 0 amide bonds. The fraction of sp³-hybridized carbons (Fsp3) is 0.545. The molecule has 0 aliphatic carbocycles. The van der Waals surface area contributed by atoms with Crippen molar-refractivity contribution < 1.29 is 26.7 Å². The average Bonchev–Trinajstić information content (AvgIpc) is 2.66. The summed E-state index contributed by atoms with van der Waals surface area (Å²) in [4.78, 5) is 11.0. The van der Waals surface area contributed by atoms with E-state index in [1.54, 1.807) is 0 Å². The quantitative estimate of drug-likeness (QED) is 0.851. The van der Waals surface area contributed by atoms with E-state index in [1.165, 1.54) is 13.0 Å². The lowest BCUT2D eigenvalue weighted by Crippen LogP contribution is -2.33. The summed E-state index contributed by atoms with van der Waals surface area (Å²) in [6, 6.07) is 1.32. The summed E-state index contributed by atoms with van der Waals surface area (Å²) >= 11 is 0.696. The largest absolute Gasteiger partial charge is 0.477 e. The topological polar surface area (TPSA) is 109 Å². The highest BCUT2D eigenvalue weighted by atomic mass is 32.2. The van der Waals surface area contributed by atoms with E-state index in [9.17, 15) is 21.6 Å². The van der Waals surface area contributed by atoms with Gasteiger partial charge >= 0.3 is 5.97 Å². The number of carboxylic acid groups (broad SMARTS) is 1. The van der Waals surface area contributed by atoms with E-state index in [0.29, 0.717) is 16.9 Å². The number of carbonyl (C=O) groups is 1.